The zero-order valence-corrected chi connectivity index (χ0v) is 19.7. The summed E-state index contributed by atoms with van der Waals surface area (Å²) in [5.41, 5.74) is 0.411. The van der Waals surface area contributed by atoms with Crippen molar-refractivity contribution in [2.75, 3.05) is 20.2 Å². The predicted octanol–water partition coefficient (Wildman–Crippen LogP) is 3.32. The van der Waals surface area contributed by atoms with Crippen molar-refractivity contribution in [1.29, 1.82) is 0 Å². The Morgan fingerprint density at radius 2 is 1.97 bits per heavy atom. The van der Waals surface area contributed by atoms with Crippen LogP contribution in [0.3, 0.4) is 0 Å². The van der Waals surface area contributed by atoms with Gasteiger partial charge in [0, 0.05) is 18.7 Å². The van der Waals surface area contributed by atoms with Gasteiger partial charge in [0.05, 0.1) is 24.8 Å². The Balaban J connectivity index is 1.45. The number of methoxy groups -OCH3 is 1. The molecule has 2 aromatic heterocycles. The maximum absolute atomic E-state index is 13.2. The summed E-state index contributed by atoms with van der Waals surface area (Å²) < 4.78 is 10.5. The van der Waals surface area contributed by atoms with Crippen molar-refractivity contribution < 1.29 is 23.5 Å². The van der Waals surface area contributed by atoms with Crippen molar-refractivity contribution in [3.63, 3.8) is 0 Å². The van der Waals surface area contributed by atoms with Crippen LogP contribution in [0.15, 0.2) is 64.6 Å². The van der Waals surface area contributed by atoms with Gasteiger partial charge in [0.1, 0.15) is 17.6 Å². The van der Waals surface area contributed by atoms with Gasteiger partial charge in [-0.15, -0.1) is 11.3 Å². The van der Waals surface area contributed by atoms with E-state index in [1.165, 1.54) is 18.4 Å². The fourth-order valence-electron chi connectivity index (χ4n) is 4.08. The average molecular weight is 482 g/mol. The second-order valence-electron chi connectivity index (χ2n) is 8.09. The number of benzene rings is 1. The van der Waals surface area contributed by atoms with Crippen LogP contribution in [-0.2, 0) is 11.3 Å². The number of furan rings is 1. The van der Waals surface area contributed by atoms with Gasteiger partial charge in [0.25, 0.3) is 11.8 Å². The Hall–Kier alpha value is -3.59. The molecule has 3 amide bonds. The Kier molecular flexibility index (Phi) is 7.64. The number of nitrogens with zero attached hydrogens (tertiary/aromatic N) is 1. The van der Waals surface area contributed by atoms with E-state index in [9.17, 15) is 14.4 Å². The molecule has 1 aliphatic heterocycles. The Labute approximate surface area is 201 Å². The van der Waals surface area contributed by atoms with Crippen LogP contribution in [-0.4, -0.2) is 48.9 Å². The van der Waals surface area contributed by atoms with E-state index in [2.05, 4.69) is 10.6 Å². The molecule has 4 rings (SSSR count). The average Bonchev–Trinajstić information content (AvgIpc) is 3.60. The summed E-state index contributed by atoms with van der Waals surface area (Å²) in [6.07, 6.45) is 2.76. The molecule has 3 aromatic rings. The first kappa shape index (κ1) is 23.6. The molecule has 1 atom stereocenters. The quantitative estimate of drug-likeness (QED) is 0.514. The van der Waals surface area contributed by atoms with E-state index in [0.29, 0.717) is 47.9 Å². The lowest BCUT2D eigenvalue weighted by atomic mass is 9.88. The first-order valence-corrected chi connectivity index (χ1v) is 12.0. The number of amides is 3. The highest BCUT2D eigenvalue weighted by molar-refractivity contribution is 7.12. The number of ether oxygens (including phenoxy) is 1. The highest BCUT2D eigenvalue weighted by Gasteiger charge is 2.34. The highest BCUT2D eigenvalue weighted by Crippen LogP contribution is 2.24. The topological polar surface area (TPSA) is 101 Å². The standard InChI is InChI=1S/C25H27N3O5S/c1-32-19-6-2-5-18(15-19)23(29)27-22(24(30)26-16-20-7-3-13-33-20)17-9-11-28(12-10-17)25(31)21-8-4-14-34-21/h2-8,13-15,17,22H,9-12,16H2,1H3,(H,26,30)(H,27,29). The summed E-state index contributed by atoms with van der Waals surface area (Å²) in [6, 6.07) is 13.3. The monoisotopic (exact) mass is 481 g/mol. The predicted molar refractivity (Wildman–Crippen MR) is 128 cm³/mol. The minimum Gasteiger partial charge on any atom is -0.497 e. The molecule has 8 nitrogen and oxygen atoms in total. The number of carbonyl (C=O) groups excluding carboxylic acids is 3. The van der Waals surface area contributed by atoms with E-state index in [1.807, 2.05) is 22.4 Å². The molecule has 0 radical (unpaired) electrons. The number of nitrogens with one attached hydrogen (secondary N) is 2. The van der Waals surface area contributed by atoms with Gasteiger partial charge in [-0.3, -0.25) is 14.4 Å². The second-order valence-corrected chi connectivity index (χ2v) is 9.03. The molecule has 1 aliphatic rings. The summed E-state index contributed by atoms with van der Waals surface area (Å²) in [5.74, 6) is 0.450. The fourth-order valence-corrected chi connectivity index (χ4v) is 4.77. The minimum atomic E-state index is -0.743. The van der Waals surface area contributed by atoms with Gasteiger partial charge in [-0.2, -0.15) is 0 Å². The SMILES string of the molecule is COc1cccc(C(=O)NC(C(=O)NCc2ccco2)C2CCN(C(=O)c3cccs3)CC2)c1. The number of hydrogen-bond donors (Lipinski definition) is 2. The number of carbonyl (C=O) groups is 3. The molecule has 9 heteroatoms. The van der Waals surface area contributed by atoms with Crippen LogP contribution in [0.1, 0.15) is 38.6 Å². The third kappa shape index (κ3) is 5.66. The molecule has 2 N–H and O–H groups in total. The minimum absolute atomic E-state index is 0.00712. The lowest BCUT2D eigenvalue weighted by Crippen LogP contribution is -2.53. The summed E-state index contributed by atoms with van der Waals surface area (Å²) in [7, 11) is 1.53. The molecular formula is C25H27N3O5S. The van der Waals surface area contributed by atoms with E-state index in [4.69, 9.17) is 9.15 Å². The van der Waals surface area contributed by atoms with Crippen LogP contribution in [0.25, 0.3) is 0 Å². The largest absolute Gasteiger partial charge is 0.497 e. The van der Waals surface area contributed by atoms with E-state index in [1.54, 1.807) is 42.7 Å². The van der Waals surface area contributed by atoms with Gasteiger partial charge >= 0.3 is 0 Å². The number of piperidine rings is 1. The first-order chi connectivity index (χ1) is 16.5. The smallest absolute Gasteiger partial charge is 0.263 e. The van der Waals surface area contributed by atoms with Crippen LogP contribution in [0, 0.1) is 5.92 Å². The van der Waals surface area contributed by atoms with E-state index in [0.717, 1.165) is 0 Å². The lowest BCUT2D eigenvalue weighted by Gasteiger charge is -2.35. The Morgan fingerprint density at radius 1 is 1.15 bits per heavy atom. The summed E-state index contributed by atoms with van der Waals surface area (Å²) in [4.78, 5) is 41.4. The molecular weight excluding hydrogens is 454 g/mol. The molecule has 3 heterocycles. The molecule has 1 unspecified atom stereocenters. The van der Waals surface area contributed by atoms with E-state index in [-0.39, 0.29) is 30.2 Å². The van der Waals surface area contributed by atoms with Crippen LogP contribution in [0.5, 0.6) is 5.75 Å². The molecule has 0 bridgehead atoms. The highest BCUT2D eigenvalue weighted by atomic mass is 32.1. The van der Waals surface area contributed by atoms with Gasteiger partial charge in [0.2, 0.25) is 5.91 Å². The first-order valence-electron chi connectivity index (χ1n) is 11.1. The molecule has 0 saturated carbocycles. The lowest BCUT2D eigenvalue weighted by molar-refractivity contribution is -0.124. The molecule has 1 fully saturated rings. The summed E-state index contributed by atoms with van der Waals surface area (Å²) in [5, 5.41) is 7.67. The van der Waals surface area contributed by atoms with Gasteiger partial charge in [-0.1, -0.05) is 12.1 Å². The van der Waals surface area contributed by atoms with Crippen molar-refractivity contribution in [1.82, 2.24) is 15.5 Å². The van der Waals surface area contributed by atoms with Gasteiger partial charge < -0.3 is 24.7 Å². The van der Waals surface area contributed by atoms with Crippen LogP contribution >= 0.6 is 11.3 Å². The summed E-state index contributed by atoms with van der Waals surface area (Å²) in [6.45, 7) is 1.28. The van der Waals surface area contributed by atoms with Gasteiger partial charge in [-0.05, 0) is 60.5 Å². The van der Waals surface area contributed by atoms with Crippen molar-refractivity contribution >= 4 is 29.1 Å². The molecule has 1 aromatic carbocycles. The van der Waals surface area contributed by atoms with Crippen molar-refractivity contribution in [3.8, 4) is 5.75 Å². The Bertz CT molecular complexity index is 1110. The number of hydrogen-bond acceptors (Lipinski definition) is 6. The normalized spacial score (nSPS) is 14.9. The fraction of sp³-hybridized carbons (Fsp3) is 0.320. The van der Waals surface area contributed by atoms with Crippen molar-refractivity contribution in [3.05, 3.63) is 76.4 Å². The molecule has 0 aliphatic carbocycles. The van der Waals surface area contributed by atoms with Crippen LogP contribution in [0.4, 0.5) is 0 Å². The third-order valence-electron chi connectivity index (χ3n) is 5.95. The maximum atomic E-state index is 13.2. The molecule has 0 spiro atoms. The number of likely N-dealkylation sites (tertiary alicyclic amines) is 1. The van der Waals surface area contributed by atoms with Gasteiger partial charge in [-0.25, -0.2) is 0 Å². The number of thiophene rings is 1. The second kappa shape index (κ2) is 11.0. The summed E-state index contributed by atoms with van der Waals surface area (Å²) >= 11 is 1.42. The van der Waals surface area contributed by atoms with Crippen LogP contribution in [0.2, 0.25) is 0 Å². The van der Waals surface area contributed by atoms with Crippen molar-refractivity contribution in [2.45, 2.75) is 25.4 Å². The number of rotatable bonds is 8. The Morgan fingerprint density at radius 3 is 2.65 bits per heavy atom. The molecule has 1 saturated heterocycles. The van der Waals surface area contributed by atoms with E-state index < -0.39 is 6.04 Å². The van der Waals surface area contributed by atoms with Crippen LogP contribution < -0.4 is 15.4 Å². The molecule has 34 heavy (non-hydrogen) atoms. The third-order valence-corrected chi connectivity index (χ3v) is 6.81. The van der Waals surface area contributed by atoms with Gasteiger partial charge in [0.15, 0.2) is 0 Å². The zero-order chi connectivity index (χ0) is 23.9. The van der Waals surface area contributed by atoms with E-state index >= 15 is 0 Å². The van der Waals surface area contributed by atoms with Crippen molar-refractivity contribution in [2.24, 2.45) is 5.92 Å². The maximum Gasteiger partial charge on any atom is 0.263 e. The zero-order valence-electron chi connectivity index (χ0n) is 18.9. The molecule has 178 valence electrons.